The molecular weight excluding hydrogens is 190 g/mol. The summed E-state index contributed by atoms with van der Waals surface area (Å²) >= 11 is 0. The maximum atomic E-state index is 12.1. The highest BCUT2D eigenvalue weighted by Crippen LogP contribution is 2.33. The molecule has 2 rings (SSSR count). The van der Waals surface area contributed by atoms with Crippen LogP contribution in [0.5, 0.6) is 0 Å². The van der Waals surface area contributed by atoms with E-state index in [0.717, 1.165) is 24.8 Å². The molecule has 0 aromatic carbocycles. The molecule has 0 bridgehead atoms. The number of rotatable bonds is 3. The lowest BCUT2D eigenvalue weighted by Gasteiger charge is -2.15. The minimum absolute atomic E-state index is 0.124. The van der Waals surface area contributed by atoms with E-state index in [2.05, 4.69) is 5.10 Å². The minimum atomic E-state index is 0.124. The van der Waals surface area contributed by atoms with E-state index in [9.17, 15) is 4.79 Å². The van der Waals surface area contributed by atoms with Crippen molar-refractivity contribution in [2.45, 2.75) is 19.3 Å². The van der Waals surface area contributed by atoms with Crippen LogP contribution in [0.1, 0.15) is 29.6 Å². The number of aromatic nitrogens is 2. The third kappa shape index (κ3) is 1.95. The molecule has 0 spiro atoms. The second-order valence-electron chi connectivity index (χ2n) is 4.30. The van der Waals surface area contributed by atoms with Crippen molar-refractivity contribution < 1.29 is 4.79 Å². The SMILES string of the molecule is Cn1cc(C(=O)C2CCCC2CN)cn1. The molecule has 4 nitrogen and oxygen atoms in total. The summed E-state index contributed by atoms with van der Waals surface area (Å²) in [7, 11) is 1.83. The van der Waals surface area contributed by atoms with Gasteiger partial charge in [-0.25, -0.2) is 0 Å². The van der Waals surface area contributed by atoms with E-state index < -0.39 is 0 Å². The molecule has 1 aliphatic carbocycles. The molecule has 2 N–H and O–H groups in total. The van der Waals surface area contributed by atoms with Gasteiger partial charge in [-0.2, -0.15) is 5.10 Å². The average Bonchev–Trinajstić information content (AvgIpc) is 2.84. The van der Waals surface area contributed by atoms with Crippen molar-refractivity contribution in [3.05, 3.63) is 18.0 Å². The molecule has 1 aromatic heterocycles. The normalized spacial score (nSPS) is 25.7. The van der Waals surface area contributed by atoms with Crippen molar-refractivity contribution in [3.8, 4) is 0 Å². The molecule has 0 amide bonds. The molecule has 82 valence electrons. The van der Waals surface area contributed by atoms with E-state index in [1.54, 1.807) is 17.1 Å². The van der Waals surface area contributed by atoms with Crippen LogP contribution in [-0.2, 0) is 7.05 Å². The van der Waals surface area contributed by atoms with Crippen molar-refractivity contribution in [1.29, 1.82) is 0 Å². The Morgan fingerprint density at radius 1 is 1.67 bits per heavy atom. The molecule has 1 fully saturated rings. The van der Waals surface area contributed by atoms with Gasteiger partial charge in [0.1, 0.15) is 0 Å². The van der Waals surface area contributed by atoms with Crippen LogP contribution in [0.15, 0.2) is 12.4 Å². The Morgan fingerprint density at radius 3 is 3.07 bits per heavy atom. The number of carbonyl (C=O) groups excluding carboxylic acids is 1. The van der Waals surface area contributed by atoms with E-state index in [4.69, 9.17) is 5.73 Å². The Kier molecular flexibility index (Phi) is 2.86. The Morgan fingerprint density at radius 2 is 2.47 bits per heavy atom. The van der Waals surface area contributed by atoms with E-state index in [1.807, 2.05) is 7.05 Å². The number of carbonyl (C=O) groups is 1. The summed E-state index contributed by atoms with van der Waals surface area (Å²) in [4.78, 5) is 12.1. The van der Waals surface area contributed by atoms with Crippen molar-refractivity contribution in [2.75, 3.05) is 6.54 Å². The average molecular weight is 207 g/mol. The van der Waals surface area contributed by atoms with E-state index in [0.29, 0.717) is 12.5 Å². The van der Waals surface area contributed by atoms with Crippen molar-refractivity contribution in [2.24, 2.45) is 24.6 Å². The van der Waals surface area contributed by atoms with Crippen molar-refractivity contribution >= 4 is 5.78 Å². The lowest BCUT2D eigenvalue weighted by molar-refractivity contribution is 0.0893. The van der Waals surface area contributed by atoms with Gasteiger partial charge >= 0.3 is 0 Å². The van der Waals surface area contributed by atoms with Crippen LogP contribution >= 0.6 is 0 Å². The minimum Gasteiger partial charge on any atom is -0.330 e. The predicted molar refractivity (Wildman–Crippen MR) is 57.4 cm³/mol. The monoisotopic (exact) mass is 207 g/mol. The van der Waals surface area contributed by atoms with Crippen LogP contribution in [0.3, 0.4) is 0 Å². The summed E-state index contributed by atoms with van der Waals surface area (Å²) in [5, 5.41) is 4.02. The first kappa shape index (κ1) is 10.4. The third-order valence-electron chi connectivity index (χ3n) is 3.29. The number of nitrogens with zero attached hydrogens (tertiary/aromatic N) is 2. The van der Waals surface area contributed by atoms with Gasteiger partial charge in [-0.05, 0) is 25.3 Å². The fourth-order valence-electron chi connectivity index (χ4n) is 2.43. The van der Waals surface area contributed by atoms with Crippen LogP contribution < -0.4 is 5.73 Å². The van der Waals surface area contributed by atoms with Gasteiger partial charge in [0.05, 0.1) is 11.8 Å². The lowest BCUT2D eigenvalue weighted by Crippen LogP contribution is -2.25. The third-order valence-corrected chi connectivity index (χ3v) is 3.29. The summed E-state index contributed by atoms with van der Waals surface area (Å²) in [6.07, 6.45) is 6.63. The highest BCUT2D eigenvalue weighted by atomic mass is 16.1. The van der Waals surface area contributed by atoms with Gasteiger partial charge in [0.25, 0.3) is 0 Å². The van der Waals surface area contributed by atoms with Gasteiger partial charge in [0.15, 0.2) is 5.78 Å². The molecule has 15 heavy (non-hydrogen) atoms. The second-order valence-corrected chi connectivity index (χ2v) is 4.30. The van der Waals surface area contributed by atoms with E-state index in [-0.39, 0.29) is 11.7 Å². The molecule has 1 saturated carbocycles. The number of Topliss-reactive ketones (excluding diaryl/α,β-unsaturated/α-hetero) is 1. The molecular formula is C11H17N3O. The van der Waals surface area contributed by atoms with Gasteiger partial charge in [0, 0.05) is 19.2 Å². The second kappa shape index (κ2) is 4.14. The molecule has 0 saturated heterocycles. The zero-order chi connectivity index (χ0) is 10.8. The van der Waals surface area contributed by atoms with Crippen LogP contribution in [0, 0.1) is 11.8 Å². The largest absolute Gasteiger partial charge is 0.330 e. The number of hydrogen-bond acceptors (Lipinski definition) is 3. The number of hydrogen-bond donors (Lipinski definition) is 1. The maximum Gasteiger partial charge on any atom is 0.169 e. The highest BCUT2D eigenvalue weighted by molar-refractivity contribution is 5.97. The molecule has 2 atom stereocenters. The smallest absolute Gasteiger partial charge is 0.169 e. The lowest BCUT2D eigenvalue weighted by atomic mass is 9.89. The fourth-order valence-corrected chi connectivity index (χ4v) is 2.43. The summed E-state index contributed by atoms with van der Waals surface area (Å²) < 4.78 is 1.67. The Balaban J connectivity index is 2.13. The topological polar surface area (TPSA) is 60.9 Å². The van der Waals surface area contributed by atoms with Crippen LogP contribution in [-0.4, -0.2) is 22.1 Å². The van der Waals surface area contributed by atoms with E-state index in [1.165, 1.54) is 0 Å². The first-order valence-corrected chi connectivity index (χ1v) is 5.45. The van der Waals surface area contributed by atoms with Crippen molar-refractivity contribution in [1.82, 2.24) is 9.78 Å². The Labute approximate surface area is 89.5 Å². The molecule has 2 unspecified atom stereocenters. The molecule has 0 aliphatic heterocycles. The first-order valence-electron chi connectivity index (χ1n) is 5.45. The number of nitrogens with two attached hydrogens (primary N) is 1. The first-order chi connectivity index (χ1) is 7.22. The van der Waals surface area contributed by atoms with E-state index >= 15 is 0 Å². The van der Waals surface area contributed by atoms with Gasteiger partial charge in [0.2, 0.25) is 0 Å². The Bertz CT molecular complexity index is 358. The summed E-state index contributed by atoms with van der Waals surface area (Å²) in [5.41, 5.74) is 6.40. The van der Waals surface area contributed by atoms with Gasteiger partial charge in [-0.15, -0.1) is 0 Å². The molecule has 4 heteroatoms. The zero-order valence-corrected chi connectivity index (χ0v) is 9.02. The summed E-state index contributed by atoms with van der Waals surface area (Å²) in [6, 6.07) is 0. The summed E-state index contributed by atoms with van der Waals surface area (Å²) in [6.45, 7) is 0.622. The zero-order valence-electron chi connectivity index (χ0n) is 9.02. The van der Waals surface area contributed by atoms with Gasteiger partial charge in [-0.1, -0.05) is 6.42 Å². The predicted octanol–water partition coefficient (Wildman–Crippen LogP) is 0.978. The number of aryl methyl sites for hydroxylation is 1. The molecule has 1 aliphatic rings. The highest BCUT2D eigenvalue weighted by Gasteiger charge is 2.32. The van der Waals surface area contributed by atoms with Gasteiger partial charge in [-0.3, -0.25) is 9.48 Å². The molecule has 0 radical (unpaired) electrons. The quantitative estimate of drug-likeness (QED) is 0.751. The van der Waals surface area contributed by atoms with Crippen molar-refractivity contribution in [3.63, 3.8) is 0 Å². The fraction of sp³-hybridized carbons (Fsp3) is 0.636. The maximum absolute atomic E-state index is 12.1. The van der Waals surface area contributed by atoms with Gasteiger partial charge < -0.3 is 5.73 Å². The molecule has 1 aromatic rings. The Hall–Kier alpha value is -1.16. The summed E-state index contributed by atoms with van der Waals surface area (Å²) in [5.74, 6) is 0.716. The van der Waals surface area contributed by atoms with Crippen LogP contribution in [0.2, 0.25) is 0 Å². The van der Waals surface area contributed by atoms with Crippen LogP contribution in [0.25, 0.3) is 0 Å². The number of ketones is 1. The molecule has 1 heterocycles. The standard InChI is InChI=1S/C11H17N3O/c1-14-7-9(6-13-14)11(15)10-4-2-3-8(10)5-12/h6-8,10H,2-5,12H2,1H3. The van der Waals surface area contributed by atoms with Crippen LogP contribution in [0.4, 0.5) is 0 Å².